The summed E-state index contributed by atoms with van der Waals surface area (Å²) >= 11 is 0. The Labute approximate surface area is 172 Å². The van der Waals surface area contributed by atoms with Crippen LogP contribution in [-0.2, 0) is 16.1 Å². The maximum Gasteiger partial charge on any atom is 0.222 e. The Bertz CT molecular complexity index is 801. The maximum absolute atomic E-state index is 12.5. The molecule has 0 aromatic heterocycles. The van der Waals surface area contributed by atoms with Gasteiger partial charge in [0, 0.05) is 13.5 Å². The number of ether oxygens (including phenoxy) is 1. The first kappa shape index (κ1) is 20.9. The molecule has 0 aliphatic heterocycles. The summed E-state index contributed by atoms with van der Waals surface area (Å²) in [5.74, 6) is 0.606. The van der Waals surface area contributed by atoms with E-state index >= 15 is 0 Å². The summed E-state index contributed by atoms with van der Waals surface area (Å²) in [6.45, 7) is 1.90. The zero-order chi connectivity index (χ0) is 20.5. The zero-order valence-electron chi connectivity index (χ0n) is 17.0. The lowest BCUT2D eigenvalue weighted by Gasteiger charge is -2.23. The average Bonchev–Trinajstić information content (AvgIpc) is 2.73. The minimum atomic E-state index is -0.338. The molecule has 3 rings (SSSR count). The quantitative estimate of drug-likeness (QED) is 0.702. The third kappa shape index (κ3) is 6.93. The van der Waals surface area contributed by atoms with Crippen molar-refractivity contribution in [3.63, 3.8) is 0 Å². The number of carbonyl (C=O) groups excluding carboxylic acids is 2. The molecule has 0 spiro atoms. The van der Waals surface area contributed by atoms with Crippen molar-refractivity contribution in [3.8, 4) is 5.75 Å². The van der Waals surface area contributed by atoms with Gasteiger partial charge in [-0.15, -0.1) is 0 Å². The summed E-state index contributed by atoms with van der Waals surface area (Å²) in [6, 6.07) is 17.1. The summed E-state index contributed by atoms with van der Waals surface area (Å²) in [5, 5.41) is 5.82. The third-order valence-corrected chi connectivity index (χ3v) is 5.21. The van der Waals surface area contributed by atoms with Gasteiger partial charge in [0.2, 0.25) is 11.8 Å². The van der Waals surface area contributed by atoms with Crippen molar-refractivity contribution in [2.45, 2.75) is 64.1 Å². The summed E-state index contributed by atoms with van der Waals surface area (Å²) < 4.78 is 6.11. The van der Waals surface area contributed by atoms with Crippen molar-refractivity contribution in [2.24, 2.45) is 0 Å². The number of rotatable bonds is 8. The molecule has 5 heteroatoms. The minimum Gasteiger partial charge on any atom is -0.490 e. The molecule has 2 N–H and O–H groups in total. The highest BCUT2D eigenvalue weighted by molar-refractivity contribution is 5.79. The highest BCUT2D eigenvalue weighted by Gasteiger charge is 2.17. The Kier molecular flexibility index (Phi) is 7.68. The molecule has 1 fully saturated rings. The van der Waals surface area contributed by atoms with Crippen molar-refractivity contribution in [1.29, 1.82) is 0 Å². The molecule has 0 radical (unpaired) electrons. The number of amides is 2. The molecule has 29 heavy (non-hydrogen) atoms. The number of hydrogen-bond donors (Lipinski definition) is 2. The van der Waals surface area contributed by atoms with E-state index < -0.39 is 0 Å². The fraction of sp³-hybridized carbons (Fsp3) is 0.417. The number of hydrogen-bond acceptors (Lipinski definition) is 3. The largest absolute Gasteiger partial charge is 0.490 e. The van der Waals surface area contributed by atoms with Crippen molar-refractivity contribution in [3.05, 3.63) is 65.7 Å². The monoisotopic (exact) mass is 394 g/mol. The second-order valence-corrected chi connectivity index (χ2v) is 7.67. The number of benzene rings is 2. The molecule has 1 aliphatic rings. The molecule has 5 nitrogen and oxygen atoms in total. The second kappa shape index (κ2) is 10.6. The van der Waals surface area contributed by atoms with Gasteiger partial charge in [-0.25, -0.2) is 0 Å². The Hall–Kier alpha value is -2.82. The Morgan fingerprint density at radius 1 is 1.03 bits per heavy atom. The van der Waals surface area contributed by atoms with E-state index in [0.717, 1.165) is 29.7 Å². The lowest BCUT2D eigenvalue weighted by atomic mass is 9.98. The predicted octanol–water partition coefficient (Wildman–Crippen LogP) is 4.28. The van der Waals surface area contributed by atoms with Crippen LogP contribution in [0.2, 0.25) is 0 Å². The maximum atomic E-state index is 12.5. The Balaban J connectivity index is 1.53. The molecule has 1 saturated carbocycles. The van der Waals surface area contributed by atoms with E-state index in [4.69, 9.17) is 4.74 Å². The van der Waals surface area contributed by atoms with Gasteiger partial charge in [-0.1, -0.05) is 48.9 Å². The lowest BCUT2D eigenvalue weighted by Crippen LogP contribution is -2.32. The fourth-order valence-electron chi connectivity index (χ4n) is 3.75. The third-order valence-electron chi connectivity index (χ3n) is 5.21. The van der Waals surface area contributed by atoms with Crippen LogP contribution in [-0.4, -0.2) is 17.9 Å². The van der Waals surface area contributed by atoms with E-state index in [1.165, 1.54) is 26.2 Å². The van der Waals surface area contributed by atoms with Gasteiger partial charge in [0.15, 0.2) is 0 Å². The topological polar surface area (TPSA) is 67.4 Å². The van der Waals surface area contributed by atoms with Crippen LogP contribution in [0.5, 0.6) is 5.75 Å². The first-order valence-electron chi connectivity index (χ1n) is 10.4. The van der Waals surface area contributed by atoms with Crippen LogP contribution >= 0.6 is 0 Å². The zero-order valence-corrected chi connectivity index (χ0v) is 17.0. The molecule has 1 unspecified atom stereocenters. The van der Waals surface area contributed by atoms with E-state index in [9.17, 15) is 9.59 Å². The van der Waals surface area contributed by atoms with Crippen LogP contribution in [0.1, 0.15) is 62.6 Å². The van der Waals surface area contributed by atoms with E-state index in [-0.39, 0.29) is 24.3 Å². The summed E-state index contributed by atoms with van der Waals surface area (Å²) in [4.78, 5) is 24.0. The molecule has 0 saturated heterocycles. The lowest BCUT2D eigenvalue weighted by molar-refractivity contribution is -0.122. The molecule has 1 atom stereocenters. The molecular formula is C24H30N2O3. The van der Waals surface area contributed by atoms with E-state index in [1.807, 2.05) is 54.6 Å². The average molecular weight is 395 g/mol. The molecule has 1 aliphatic carbocycles. The Morgan fingerprint density at radius 3 is 2.52 bits per heavy atom. The highest BCUT2D eigenvalue weighted by atomic mass is 16.5. The van der Waals surface area contributed by atoms with Gasteiger partial charge in [0.25, 0.3) is 0 Å². The number of nitrogens with one attached hydrogen (secondary N) is 2. The standard InChI is InChI=1S/C24H30N2O3/c1-18(27)26-23(20-10-4-2-5-11-20)16-24(28)25-17-19-9-8-14-22(15-19)29-21-12-6-3-7-13-21/h2,4-5,8-11,14-15,21,23H,3,6-7,12-13,16-17H2,1H3,(H,25,28)(H,26,27). The normalized spacial score (nSPS) is 15.3. The van der Waals surface area contributed by atoms with Crippen LogP contribution < -0.4 is 15.4 Å². The second-order valence-electron chi connectivity index (χ2n) is 7.67. The van der Waals surface area contributed by atoms with Gasteiger partial charge >= 0.3 is 0 Å². The first-order chi connectivity index (χ1) is 14.1. The van der Waals surface area contributed by atoms with Gasteiger partial charge < -0.3 is 15.4 Å². The van der Waals surface area contributed by atoms with Crippen LogP contribution in [0, 0.1) is 0 Å². The van der Waals surface area contributed by atoms with Crippen molar-refractivity contribution >= 4 is 11.8 Å². The molecule has 2 aromatic rings. The van der Waals surface area contributed by atoms with Gasteiger partial charge in [0.1, 0.15) is 5.75 Å². The van der Waals surface area contributed by atoms with E-state index in [2.05, 4.69) is 10.6 Å². The SMILES string of the molecule is CC(=O)NC(CC(=O)NCc1cccc(OC2CCCCC2)c1)c1ccccc1. The molecule has 0 heterocycles. The van der Waals surface area contributed by atoms with E-state index in [1.54, 1.807) is 0 Å². The first-order valence-corrected chi connectivity index (χ1v) is 10.4. The van der Waals surface area contributed by atoms with E-state index in [0.29, 0.717) is 12.6 Å². The van der Waals surface area contributed by atoms with Gasteiger partial charge in [-0.2, -0.15) is 0 Å². The van der Waals surface area contributed by atoms with Crippen molar-refractivity contribution < 1.29 is 14.3 Å². The molecule has 0 bridgehead atoms. The molecule has 2 amide bonds. The highest BCUT2D eigenvalue weighted by Crippen LogP contribution is 2.24. The number of carbonyl (C=O) groups is 2. The van der Waals surface area contributed by atoms with Crippen molar-refractivity contribution in [2.75, 3.05) is 0 Å². The summed E-state index contributed by atoms with van der Waals surface area (Å²) in [7, 11) is 0. The van der Waals surface area contributed by atoms with Crippen LogP contribution in [0.3, 0.4) is 0 Å². The molecular weight excluding hydrogens is 364 g/mol. The smallest absolute Gasteiger partial charge is 0.222 e. The van der Waals surface area contributed by atoms with Crippen LogP contribution in [0.25, 0.3) is 0 Å². The van der Waals surface area contributed by atoms with Crippen molar-refractivity contribution in [1.82, 2.24) is 10.6 Å². The molecule has 2 aromatic carbocycles. The summed E-state index contributed by atoms with van der Waals surface area (Å²) in [6.07, 6.45) is 6.50. The Morgan fingerprint density at radius 2 is 1.79 bits per heavy atom. The predicted molar refractivity (Wildman–Crippen MR) is 113 cm³/mol. The van der Waals surface area contributed by atoms with Crippen LogP contribution in [0.15, 0.2) is 54.6 Å². The summed E-state index contributed by atoms with van der Waals surface area (Å²) in [5.41, 5.74) is 1.92. The molecule has 154 valence electrons. The van der Waals surface area contributed by atoms with Gasteiger partial charge in [-0.05, 0) is 48.9 Å². The van der Waals surface area contributed by atoms with Gasteiger partial charge in [0.05, 0.1) is 18.6 Å². The van der Waals surface area contributed by atoms with Gasteiger partial charge in [-0.3, -0.25) is 9.59 Å². The minimum absolute atomic E-state index is 0.105. The fourth-order valence-corrected chi connectivity index (χ4v) is 3.75. The van der Waals surface area contributed by atoms with Crippen LogP contribution in [0.4, 0.5) is 0 Å².